The van der Waals surface area contributed by atoms with E-state index in [1.54, 1.807) is 0 Å². The molecule has 0 aromatic rings. The summed E-state index contributed by atoms with van der Waals surface area (Å²) in [5.41, 5.74) is 0. The van der Waals surface area contributed by atoms with E-state index in [9.17, 15) is 0 Å². The standard InChI is InChI=1S/C26H50O6/c1-7-9-11-13-15-17-27-23(21-19-29-25(3,4)31-21)24(22-20-30-26(5,6)32-22)28-18-16-14-12-10-8-2/h21-24H,7-20H2,1-6H3/t21-,22-,23-,24-/m1/s1. The molecular weight excluding hydrogens is 408 g/mol. The molecule has 2 aliphatic rings. The molecule has 2 rings (SSSR count). The van der Waals surface area contributed by atoms with Crippen LogP contribution in [0.3, 0.4) is 0 Å². The van der Waals surface area contributed by atoms with Crippen molar-refractivity contribution in [2.24, 2.45) is 0 Å². The molecule has 2 heterocycles. The first-order valence-corrected chi connectivity index (χ1v) is 13.1. The first kappa shape index (κ1) is 28.0. The average molecular weight is 459 g/mol. The van der Waals surface area contributed by atoms with Crippen molar-refractivity contribution < 1.29 is 28.4 Å². The van der Waals surface area contributed by atoms with Gasteiger partial charge in [0.05, 0.1) is 13.2 Å². The second-order valence-electron chi connectivity index (χ2n) is 10.2. The molecule has 6 heteroatoms. The molecule has 0 aromatic heterocycles. The van der Waals surface area contributed by atoms with Crippen molar-refractivity contribution in [1.29, 1.82) is 0 Å². The van der Waals surface area contributed by atoms with Crippen LogP contribution >= 0.6 is 0 Å². The van der Waals surface area contributed by atoms with Crippen LogP contribution in [0.1, 0.15) is 106 Å². The van der Waals surface area contributed by atoms with E-state index in [1.807, 2.05) is 27.7 Å². The van der Waals surface area contributed by atoms with Crippen LogP contribution in [0.5, 0.6) is 0 Å². The monoisotopic (exact) mass is 458 g/mol. The zero-order valence-electron chi connectivity index (χ0n) is 21.7. The molecular formula is C26H50O6. The van der Waals surface area contributed by atoms with E-state index in [1.165, 1.54) is 51.4 Å². The number of rotatable bonds is 17. The highest BCUT2D eigenvalue weighted by molar-refractivity contribution is 4.91. The predicted octanol–water partition coefficient (Wildman–Crippen LogP) is 6.00. The Morgan fingerprint density at radius 2 is 1.00 bits per heavy atom. The Labute approximate surface area is 197 Å². The van der Waals surface area contributed by atoms with Gasteiger partial charge in [0, 0.05) is 13.2 Å². The van der Waals surface area contributed by atoms with Crippen LogP contribution < -0.4 is 0 Å². The van der Waals surface area contributed by atoms with Crippen molar-refractivity contribution in [2.45, 2.75) is 142 Å². The van der Waals surface area contributed by atoms with Crippen LogP contribution in [-0.4, -0.2) is 62.4 Å². The average Bonchev–Trinajstić information content (AvgIpc) is 3.28. The first-order chi connectivity index (χ1) is 15.3. The molecule has 2 saturated heterocycles. The van der Waals surface area contributed by atoms with Gasteiger partial charge in [-0.2, -0.15) is 0 Å². The van der Waals surface area contributed by atoms with E-state index in [0.29, 0.717) is 26.4 Å². The minimum absolute atomic E-state index is 0.182. The van der Waals surface area contributed by atoms with E-state index < -0.39 is 11.6 Å². The third kappa shape index (κ3) is 9.94. The molecule has 0 aromatic carbocycles. The van der Waals surface area contributed by atoms with Crippen LogP contribution in [0, 0.1) is 0 Å². The van der Waals surface area contributed by atoms with Gasteiger partial charge in [-0.15, -0.1) is 0 Å². The molecule has 0 aliphatic carbocycles. The Morgan fingerprint density at radius 1 is 0.625 bits per heavy atom. The van der Waals surface area contributed by atoms with Gasteiger partial charge < -0.3 is 28.4 Å². The molecule has 0 bridgehead atoms. The largest absolute Gasteiger partial charge is 0.373 e. The number of ether oxygens (including phenoxy) is 6. The lowest BCUT2D eigenvalue weighted by Crippen LogP contribution is -2.50. The van der Waals surface area contributed by atoms with Gasteiger partial charge in [-0.05, 0) is 40.5 Å². The lowest BCUT2D eigenvalue weighted by molar-refractivity contribution is -0.204. The highest BCUT2D eigenvalue weighted by atomic mass is 16.8. The summed E-state index contributed by atoms with van der Waals surface area (Å²) < 4.78 is 37.2. The quantitative estimate of drug-likeness (QED) is 0.249. The fourth-order valence-electron chi connectivity index (χ4n) is 4.43. The molecule has 0 N–H and O–H groups in total. The van der Waals surface area contributed by atoms with E-state index in [-0.39, 0.29) is 24.4 Å². The Balaban J connectivity index is 2.02. The van der Waals surface area contributed by atoms with Crippen molar-refractivity contribution in [3.8, 4) is 0 Å². The van der Waals surface area contributed by atoms with Gasteiger partial charge in [0.2, 0.25) is 0 Å². The number of hydrogen-bond donors (Lipinski definition) is 0. The Hall–Kier alpha value is -0.240. The molecule has 2 fully saturated rings. The van der Waals surface area contributed by atoms with E-state index >= 15 is 0 Å². The van der Waals surface area contributed by atoms with E-state index in [2.05, 4.69) is 13.8 Å². The number of unbranched alkanes of at least 4 members (excludes halogenated alkanes) is 8. The highest BCUT2D eigenvalue weighted by Gasteiger charge is 2.47. The van der Waals surface area contributed by atoms with Crippen LogP contribution in [-0.2, 0) is 28.4 Å². The maximum atomic E-state index is 6.47. The molecule has 6 nitrogen and oxygen atoms in total. The third-order valence-corrected chi connectivity index (χ3v) is 6.23. The molecule has 0 radical (unpaired) electrons. The van der Waals surface area contributed by atoms with Crippen molar-refractivity contribution in [3.05, 3.63) is 0 Å². The molecule has 4 atom stereocenters. The predicted molar refractivity (Wildman–Crippen MR) is 127 cm³/mol. The fraction of sp³-hybridized carbons (Fsp3) is 1.00. The maximum absolute atomic E-state index is 6.47. The summed E-state index contributed by atoms with van der Waals surface area (Å²) in [4.78, 5) is 0. The second-order valence-corrected chi connectivity index (χ2v) is 10.2. The minimum atomic E-state index is -0.607. The molecule has 2 aliphatic heterocycles. The van der Waals surface area contributed by atoms with Gasteiger partial charge in [-0.1, -0.05) is 65.2 Å². The molecule has 0 spiro atoms. The fourth-order valence-corrected chi connectivity index (χ4v) is 4.43. The molecule has 190 valence electrons. The van der Waals surface area contributed by atoms with Crippen LogP contribution in [0.15, 0.2) is 0 Å². The number of hydrogen-bond acceptors (Lipinski definition) is 6. The Bertz CT molecular complexity index is 451. The topological polar surface area (TPSA) is 55.4 Å². The van der Waals surface area contributed by atoms with E-state index in [0.717, 1.165) is 12.8 Å². The van der Waals surface area contributed by atoms with E-state index in [4.69, 9.17) is 28.4 Å². The smallest absolute Gasteiger partial charge is 0.163 e. The Kier molecular flexibility index (Phi) is 12.4. The third-order valence-electron chi connectivity index (χ3n) is 6.23. The van der Waals surface area contributed by atoms with Gasteiger partial charge >= 0.3 is 0 Å². The minimum Gasteiger partial charge on any atom is -0.373 e. The summed E-state index contributed by atoms with van der Waals surface area (Å²) in [5.74, 6) is -1.21. The Morgan fingerprint density at radius 3 is 1.31 bits per heavy atom. The lowest BCUT2D eigenvalue weighted by atomic mass is 10.0. The van der Waals surface area contributed by atoms with Gasteiger partial charge in [0.15, 0.2) is 11.6 Å². The summed E-state index contributed by atoms with van der Waals surface area (Å²) in [6.45, 7) is 14.7. The summed E-state index contributed by atoms with van der Waals surface area (Å²) in [6, 6.07) is 0. The van der Waals surface area contributed by atoms with Crippen LogP contribution in [0.4, 0.5) is 0 Å². The maximum Gasteiger partial charge on any atom is 0.163 e. The molecule has 0 unspecified atom stereocenters. The van der Waals surface area contributed by atoms with Crippen molar-refractivity contribution >= 4 is 0 Å². The van der Waals surface area contributed by atoms with Crippen LogP contribution in [0.2, 0.25) is 0 Å². The molecule has 0 amide bonds. The summed E-state index contributed by atoms with van der Waals surface area (Å²) in [7, 11) is 0. The van der Waals surface area contributed by atoms with Crippen molar-refractivity contribution in [2.75, 3.05) is 26.4 Å². The summed E-state index contributed by atoms with van der Waals surface area (Å²) in [5, 5.41) is 0. The lowest BCUT2D eigenvalue weighted by Gasteiger charge is -2.34. The van der Waals surface area contributed by atoms with Gasteiger partial charge in [-0.25, -0.2) is 0 Å². The van der Waals surface area contributed by atoms with Gasteiger partial charge in [0.1, 0.15) is 24.4 Å². The van der Waals surface area contributed by atoms with Crippen LogP contribution in [0.25, 0.3) is 0 Å². The van der Waals surface area contributed by atoms with Gasteiger partial charge in [0.25, 0.3) is 0 Å². The van der Waals surface area contributed by atoms with Crippen molar-refractivity contribution in [1.82, 2.24) is 0 Å². The SMILES string of the molecule is CCCCCCCO[C@@H]([C@H](OCCCCCCC)[C@H]1COC(C)(C)O1)[C@H]1COC(C)(C)O1. The second kappa shape index (κ2) is 14.2. The van der Waals surface area contributed by atoms with Gasteiger partial charge in [-0.3, -0.25) is 0 Å². The highest BCUT2D eigenvalue weighted by Crippen LogP contribution is 2.33. The normalized spacial score (nSPS) is 26.4. The summed E-state index contributed by atoms with van der Waals surface area (Å²) >= 11 is 0. The molecule has 32 heavy (non-hydrogen) atoms. The summed E-state index contributed by atoms with van der Waals surface area (Å²) in [6.07, 6.45) is 11.2. The molecule has 0 saturated carbocycles. The zero-order chi connectivity index (χ0) is 23.5. The first-order valence-electron chi connectivity index (χ1n) is 13.1. The zero-order valence-corrected chi connectivity index (χ0v) is 21.7. The van der Waals surface area contributed by atoms with Crippen molar-refractivity contribution in [3.63, 3.8) is 0 Å².